The lowest BCUT2D eigenvalue weighted by Crippen LogP contribution is -2.51. The van der Waals surface area contributed by atoms with Gasteiger partial charge >= 0.3 is 0 Å². The van der Waals surface area contributed by atoms with Gasteiger partial charge in [0, 0.05) is 5.69 Å². The SMILES string of the molecule is O=C1NCCOc2ccc(NC(=O)C34CC5CC(CC(C5)C3)C4)cc21. The largest absolute Gasteiger partial charge is 0.491 e. The van der Waals surface area contributed by atoms with E-state index in [1.807, 2.05) is 6.07 Å². The van der Waals surface area contributed by atoms with Crippen LogP contribution in [0.1, 0.15) is 48.9 Å². The van der Waals surface area contributed by atoms with Gasteiger partial charge in [0.25, 0.3) is 5.91 Å². The number of benzene rings is 1. The van der Waals surface area contributed by atoms with Gasteiger partial charge in [-0.05, 0) is 74.5 Å². The van der Waals surface area contributed by atoms with Crippen LogP contribution in [0.25, 0.3) is 0 Å². The maximum Gasteiger partial charge on any atom is 0.255 e. The first-order chi connectivity index (χ1) is 12.1. The first-order valence-electron chi connectivity index (χ1n) is 9.48. The molecule has 1 heterocycles. The lowest BCUT2D eigenvalue weighted by Gasteiger charge is -2.55. The van der Waals surface area contributed by atoms with E-state index >= 15 is 0 Å². The zero-order valence-corrected chi connectivity index (χ0v) is 14.3. The molecule has 0 atom stereocenters. The number of anilines is 1. The molecular weight excluding hydrogens is 316 g/mol. The smallest absolute Gasteiger partial charge is 0.255 e. The fourth-order valence-corrected chi connectivity index (χ4v) is 5.98. The zero-order chi connectivity index (χ0) is 17.0. The molecule has 1 aliphatic heterocycles. The highest BCUT2D eigenvalue weighted by Crippen LogP contribution is 2.60. The topological polar surface area (TPSA) is 67.4 Å². The van der Waals surface area contributed by atoms with Crippen LogP contribution in [0, 0.1) is 23.2 Å². The van der Waals surface area contributed by atoms with Crippen molar-refractivity contribution in [3.63, 3.8) is 0 Å². The molecule has 5 heteroatoms. The number of fused-ring (bicyclic) bond motifs is 1. The Kier molecular flexibility index (Phi) is 3.34. The average Bonchev–Trinajstić information content (AvgIpc) is 2.75. The van der Waals surface area contributed by atoms with Crippen molar-refractivity contribution in [2.45, 2.75) is 38.5 Å². The third-order valence-corrected chi connectivity index (χ3v) is 6.65. The number of hydrogen-bond donors (Lipinski definition) is 2. The number of rotatable bonds is 2. The molecule has 132 valence electrons. The minimum atomic E-state index is -0.180. The molecule has 4 aliphatic carbocycles. The van der Waals surface area contributed by atoms with Crippen LogP contribution < -0.4 is 15.4 Å². The normalized spacial score (nSPS) is 35.4. The van der Waals surface area contributed by atoms with E-state index in [0.717, 1.165) is 37.0 Å². The molecule has 5 nitrogen and oxygen atoms in total. The molecule has 6 rings (SSSR count). The molecule has 25 heavy (non-hydrogen) atoms. The van der Waals surface area contributed by atoms with Crippen molar-refractivity contribution in [1.82, 2.24) is 5.32 Å². The number of nitrogens with one attached hydrogen (secondary N) is 2. The molecule has 1 aromatic carbocycles. The van der Waals surface area contributed by atoms with Gasteiger partial charge in [-0.15, -0.1) is 0 Å². The van der Waals surface area contributed by atoms with Crippen molar-refractivity contribution >= 4 is 17.5 Å². The van der Waals surface area contributed by atoms with Gasteiger partial charge in [-0.2, -0.15) is 0 Å². The summed E-state index contributed by atoms with van der Waals surface area (Å²) in [6.07, 6.45) is 7.09. The van der Waals surface area contributed by atoms with Gasteiger partial charge in [0.1, 0.15) is 12.4 Å². The van der Waals surface area contributed by atoms with Gasteiger partial charge in [0.05, 0.1) is 17.5 Å². The molecule has 0 radical (unpaired) electrons. The summed E-state index contributed by atoms with van der Waals surface area (Å²) in [5, 5.41) is 5.93. The number of amides is 2. The van der Waals surface area contributed by atoms with Crippen molar-refractivity contribution < 1.29 is 14.3 Å². The molecule has 4 fully saturated rings. The van der Waals surface area contributed by atoms with Crippen LogP contribution in [0.3, 0.4) is 0 Å². The molecule has 1 aromatic rings. The summed E-state index contributed by atoms with van der Waals surface area (Å²) in [5.41, 5.74) is 1.02. The van der Waals surface area contributed by atoms with Crippen LogP contribution in [0.4, 0.5) is 5.69 Å². The van der Waals surface area contributed by atoms with Crippen molar-refractivity contribution in [1.29, 1.82) is 0 Å². The second-order valence-electron chi connectivity index (χ2n) is 8.47. The van der Waals surface area contributed by atoms with Crippen LogP contribution in [0.2, 0.25) is 0 Å². The van der Waals surface area contributed by atoms with Crippen molar-refractivity contribution in [2.24, 2.45) is 23.2 Å². The van der Waals surface area contributed by atoms with E-state index in [-0.39, 0.29) is 17.2 Å². The van der Waals surface area contributed by atoms with Crippen LogP contribution in [0.5, 0.6) is 5.75 Å². The summed E-state index contributed by atoms with van der Waals surface area (Å²) in [5.74, 6) is 2.82. The third kappa shape index (κ3) is 2.52. The van der Waals surface area contributed by atoms with Gasteiger partial charge in [0.2, 0.25) is 5.91 Å². The number of ether oxygens (including phenoxy) is 1. The second kappa shape index (κ2) is 5.48. The zero-order valence-electron chi connectivity index (χ0n) is 14.3. The summed E-state index contributed by atoms with van der Waals surface area (Å²) in [7, 11) is 0. The molecule has 5 aliphatic rings. The van der Waals surface area contributed by atoms with E-state index in [9.17, 15) is 9.59 Å². The van der Waals surface area contributed by atoms with Gasteiger partial charge in [-0.25, -0.2) is 0 Å². The molecule has 0 aromatic heterocycles. The summed E-state index contributed by atoms with van der Waals surface area (Å²) >= 11 is 0. The molecule has 4 saturated carbocycles. The van der Waals surface area contributed by atoms with E-state index in [4.69, 9.17) is 4.74 Å². The molecule has 0 saturated heterocycles. The van der Waals surface area contributed by atoms with Crippen LogP contribution in [-0.4, -0.2) is 25.0 Å². The predicted molar refractivity (Wildman–Crippen MR) is 93.5 cm³/mol. The molecule has 0 unspecified atom stereocenters. The number of carbonyl (C=O) groups is 2. The molecule has 2 N–H and O–H groups in total. The van der Waals surface area contributed by atoms with E-state index in [1.165, 1.54) is 19.3 Å². The second-order valence-corrected chi connectivity index (χ2v) is 8.47. The van der Waals surface area contributed by atoms with Crippen molar-refractivity contribution in [3.8, 4) is 5.75 Å². The standard InChI is InChI=1S/C20H24N2O3/c23-18-16-8-15(1-2-17(16)25-4-3-21-18)22-19(24)20-9-12-5-13(10-20)7-14(6-12)11-20/h1-2,8,12-14H,3-7,9-11H2,(H,21,23)(H,22,24). The first kappa shape index (κ1) is 15.2. The van der Waals surface area contributed by atoms with Crippen LogP contribution in [-0.2, 0) is 4.79 Å². The van der Waals surface area contributed by atoms with E-state index in [2.05, 4.69) is 10.6 Å². The summed E-state index contributed by atoms with van der Waals surface area (Å²) in [6, 6.07) is 5.37. The molecule has 4 bridgehead atoms. The van der Waals surface area contributed by atoms with Gasteiger partial charge in [-0.1, -0.05) is 0 Å². The van der Waals surface area contributed by atoms with Gasteiger partial charge in [-0.3, -0.25) is 9.59 Å². The Morgan fingerprint density at radius 3 is 2.48 bits per heavy atom. The van der Waals surface area contributed by atoms with Crippen molar-refractivity contribution in [3.05, 3.63) is 23.8 Å². The number of hydrogen-bond acceptors (Lipinski definition) is 3. The predicted octanol–water partition coefficient (Wildman–Crippen LogP) is 2.96. The molecule has 2 amide bonds. The minimum Gasteiger partial charge on any atom is -0.491 e. The Morgan fingerprint density at radius 2 is 1.80 bits per heavy atom. The lowest BCUT2D eigenvalue weighted by molar-refractivity contribution is -0.140. The summed E-state index contributed by atoms with van der Waals surface area (Å²) in [6.45, 7) is 0.972. The van der Waals surface area contributed by atoms with E-state index in [0.29, 0.717) is 30.2 Å². The highest BCUT2D eigenvalue weighted by Gasteiger charge is 2.54. The maximum absolute atomic E-state index is 13.1. The van der Waals surface area contributed by atoms with E-state index < -0.39 is 0 Å². The monoisotopic (exact) mass is 340 g/mol. The Hall–Kier alpha value is -2.04. The first-order valence-corrected chi connectivity index (χ1v) is 9.48. The maximum atomic E-state index is 13.1. The minimum absolute atomic E-state index is 0.140. The van der Waals surface area contributed by atoms with E-state index in [1.54, 1.807) is 12.1 Å². The number of carbonyl (C=O) groups excluding carboxylic acids is 2. The summed E-state index contributed by atoms with van der Waals surface area (Å²) in [4.78, 5) is 25.3. The third-order valence-electron chi connectivity index (χ3n) is 6.65. The highest BCUT2D eigenvalue weighted by atomic mass is 16.5. The average molecular weight is 340 g/mol. The Labute approximate surface area is 147 Å². The Bertz CT molecular complexity index is 707. The fourth-order valence-electron chi connectivity index (χ4n) is 5.98. The Morgan fingerprint density at radius 1 is 1.12 bits per heavy atom. The fraction of sp³-hybridized carbons (Fsp3) is 0.600. The summed E-state index contributed by atoms with van der Waals surface area (Å²) < 4.78 is 5.58. The highest BCUT2D eigenvalue weighted by molar-refractivity contribution is 6.00. The lowest BCUT2D eigenvalue weighted by atomic mass is 9.49. The van der Waals surface area contributed by atoms with Crippen molar-refractivity contribution in [2.75, 3.05) is 18.5 Å². The quantitative estimate of drug-likeness (QED) is 0.870. The van der Waals surface area contributed by atoms with Gasteiger partial charge in [0.15, 0.2) is 0 Å². The van der Waals surface area contributed by atoms with Crippen LogP contribution >= 0.6 is 0 Å². The van der Waals surface area contributed by atoms with Crippen LogP contribution in [0.15, 0.2) is 18.2 Å². The molecular formula is C20H24N2O3. The Balaban J connectivity index is 1.39. The molecule has 0 spiro atoms. The van der Waals surface area contributed by atoms with Gasteiger partial charge < -0.3 is 15.4 Å².